The number of anilines is 2. The van der Waals surface area contributed by atoms with Crippen molar-refractivity contribution in [2.45, 2.75) is 13.1 Å². The molecular formula is C26H30N4O3S. The number of carbonyl (C=O) groups excluding carboxylic acids is 1. The van der Waals surface area contributed by atoms with E-state index in [0.29, 0.717) is 12.1 Å². The molecule has 0 radical (unpaired) electrons. The van der Waals surface area contributed by atoms with Gasteiger partial charge in [0.2, 0.25) is 10.0 Å². The van der Waals surface area contributed by atoms with E-state index in [1.807, 2.05) is 24.3 Å². The lowest BCUT2D eigenvalue weighted by Gasteiger charge is -2.36. The average Bonchev–Trinajstić information content (AvgIpc) is 2.84. The highest BCUT2D eigenvalue weighted by atomic mass is 32.2. The van der Waals surface area contributed by atoms with E-state index in [1.165, 1.54) is 11.3 Å². The quantitative estimate of drug-likeness (QED) is 0.519. The predicted molar refractivity (Wildman–Crippen MR) is 136 cm³/mol. The maximum absolute atomic E-state index is 12.8. The van der Waals surface area contributed by atoms with E-state index in [9.17, 15) is 13.2 Å². The smallest absolute Gasteiger partial charge is 0.253 e. The molecule has 0 aliphatic carbocycles. The Hall–Kier alpha value is -3.36. The molecule has 7 nitrogen and oxygen atoms in total. The number of nitrogens with zero attached hydrogens (tertiary/aromatic N) is 2. The molecule has 4 rings (SSSR count). The Kier molecular flexibility index (Phi) is 7.49. The maximum atomic E-state index is 12.8. The van der Waals surface area contributed by atoms with Gasteiger partial charge in [0.15, 0.2) is 0 Å². The lowest BCUT2D eigenvalue weighted by molar-refractivity contribution is 0.0951. The number of piperazine rings is 1. The van der Waals surface area contributed by atoms with Gasteiger partial charge >= 0.3 is 0 Å². The summed E-state index contributed by atoms with van der Waals surface area (Å²) in [6.45, 7) is 5.09. The number of carbonyl (C=O) groups is 1. The molecule has 0 spiro atoms. The first-order chi connectivity index (χ1) is 16.4. The molecule has 2 N–H and O–H groups in total. The molecule has 0 bridgehead atoms. The van der Waals surface area contributed by atoms with Gasteiger partial charge in [0.25, 0.3) is 5.91 Å². The summed E-state index contributed by atoms with van der Waals surface area (Å²) in [5, 5.41) is 2.95. The lowest BCUT2D eigenvalue weighted by atomic mass is 10.1. The van der Waals surface area contributed by atoms with E-state index < -0.39 is 10.0 Å². The molecule has 8 heteroatoms. The lowest BCUT2D eigenvalue weighted by Crippen LogP contribution is -2.46. The van der Waals surface area contributed by atoms with Crippen LogP contribution in [-0.2, 0) is 23.1 Å². The summed E-state index contributed by atoms with van der Waals surface area (Å²) in [4.78, 5) is 17.7. The Morgan fingerprint density at radius 3 is 2.15 bits per heavy atom. The van der Waals surface area contributed by atoms with Gasteiger partial charge in [-0.25, -0.2) is 8.42 Å². The summed E-state index contributed by atoms with van der Waals surface area (Å²) in [5.74, 6) is -0.321. The molecule has 1 saturated heterocycles. The van der Waals surface area contributed by atoms with Gasteiger partial charge in [0.1, 0.15) is 0 Å². The second-order valence-electron chi connectivity index (χ2n) is 8.47. The molecule has 178 valence electrons. The van der Waals surface area contributed by atoms with Gasteiger partial charge in [-0.05, 0) is 35.4 Å². The Balaban J connectivity index is 1.37. The minimum Gasteiger partial charge on any atom is -0.369 e. The van der Waals surface area contributed by atoms with Crippen LogP contribution in [0.2, 0.25) is 0 Å². The van der Waals surface area contributed by atoms with Crippen LogP contribution in [0, 0.1) is 0 Å². The molecule has 34 heavy (non-hydrogen) atoms. The third-order valence-electron chi connectivity index (χ3n) is 5.91. The van der Waals surface area contributed by atoms with E-state index >= 15 is 0 Å². The van der Waals surface area contributed by atoms with Crippen molar-refractivity contribution in [3.63, 3.8) is 0 Å². The van der Waals surface area contributed by atoms with Crippen LogP contribution in [0.15, 0.2) is 78.9 Å². The topological polar surface area (TPSA) is 81.7 Å². The number of rotatable bonds is 8. The first kappa shape index (κ1) is 23.8. The van der Waals surface area contributed by atoms with Gasteiger partial charge in [-0.3, -0.25) is 14.4 Å². The first-order valence-electron chi connectivity index (χ1n) is 11.3. The number of hydrogen-bond acceptors (Lipinski definition) is 5. The van der Waals surface area contributed by atoms with Gasteiger partial charge in [0, 0.05) is 45.0 Å². The Morgan fingerprint density at radius 2 is 1.44 bits per heavy atom. The summed E-state index contributed by atoms with van der Waals surface area (Å²) in [7, 11) is -3.48. The van der Waals surface area contributed by atoms with Crippen molar-refractivity contribution in [3.05, 3.63) is 95.6 Å². The van der Waals surface area contributed by atoms with Crippen LogP contribution in [0.5, 0.6) is 0 Å². The molecule has 0 aromatic heterocycles. The van der Waals surface area contributed by atoms with Crippen molar-refractivity contribution in [3.8, 4) is 0 Å². The van der Waals surface area contributed by atoms with Crippen LogP contribution in [0.3, 0.4) is 0 Å². The van der Waals surface area contributed by atoms with Gasteiger partial charge in [-0.15, -0.1) is 0 Å². The van der Waals surface area contributed by atoms with Crippen LogP contribution in [0.4, 0.5) is 11.4 Å². The summed E-state index contributed by atoms with van der Waals surface area (Å²) in [5.41, 5.74) is 4.05. The van der Waals surface area contributed by atoms with Crippen LogP contribution in [0.1, 0.15) is 21.5 Å². The van der Waals surface area contributed by atoms with E-state index in [-0.39, 0.29) is 11.6 Å². The monoisotopic (exact) mass is 478 g/mol. The molecule has 0 atom stereocenters. The van der Waals surface area contributed by atoms with Crippen molar-refractivity contribution in [2.24, 2.45) is 0 Å². The minimum absolute atomic E-state index is 0.270. The maximum Gasteiger partial charge on any atom is 0.253 e. The van der Waals surface area contributed by atoms with Crippen LogP contribution in [-0.4, -0.2) is 51.7 Å². The predicted octanol–water partition coefficient (Wildman–Crippen LogP) is 3.31. The van der Waals surface area contributed by atoms with E-state index in [1.54, 1.807) is 24.3 Å². The van der Waals surface area contributed by atoms with Gasteiger partial charge < -0.3 is 10.2 Å². The average molecular weight is 479 g/mol. The highest BCUT2D eigenvalue weighted by molar-refractivity contribution is 7.92. The zero-order valence-corrected chi connectivity index (χ0v) is 20.1. The van der Waals surface area contributed by atoms with Crippen molar-refractivity contribution in [1.82, 2.24) is 10.2 Å². The number of sulfonamides is 1. The third-order valence-corrected chi connectivity index (χ3v) is 6.50. The number of para-hydroxylation sites is 2. The second kappa shape index (κ2) is 10.7. The van der Waals surface area contributed by atoms with Gasteiger partial charge in [0.05, 0.1) is 17.5 Å². The summed E-state index contributed by atoms with van der Waals surface area (Å²) >= 11 is 0. The summed E-state index contributed by atoms with van der Waals surface area (Å²) in [6, 6.07) is 25.2. The Bertz CT molecular complexity index is 1220. The molecular weight excluding hydrogens is 448 g/mol. The third kappa shape index (κ3) is 6.36. The molecule has 1 aliphatic heterocycles. The molecule has 1 heterocycles. The van der Waals surface area contributed by atoms with Crippen molar-refractivity contribution in [1.29, 1.82) is 0 Å². The van der Waals surface area contributed by atoms with E-state index in [4.69, 9.17) is 0 Å². The largest absolute Gasteiger partial charge is 0.369 e. The first-order valence-corrected chi connectivity index (χ1v) is 13.2. The standard InChI is InChI=1S/C26H30N4O3S/c1-34(32,33)28-25-14-8-7-13-24(25)26(31)27-19-21-9-5-6-10-22(21)20-29-15-17-30(18-16-29)23-11-3-2-4-12-23/h2-14,28H,15-20H2,1H3,(H,27,31). The molecule has 1 fully saturated rings. The van der Waals surface area contributed by atoms with Crippen molar-refractivity contribution < 1.29 is 13.2 Å². The zero-order chi connectivity index (χ0) is 24.0. The summed E-state index contributed by atoms with van der Waals surface area (Å²) in [6.07, 6.45) is 1.07. The van der Waals surface area contributed by atoms with Crippen LogP contribution >= 0.6 is 0 Å². The van der Waals surface area contributed by atoms with Gasteiger partial charge in [-0.1, -0.05) is 54.6 Å². The van der Waals surface area contributed by atoms with Crippen molar-refractivity contribution in [2.75, 3.05) is 42.1 Å². The number of benzene rings is 3. The molecule has 0 saturated carbocycles. The normalized spacial score (nSPS) is 14.6. The SMILES string of the molecule is CS(=O)(=O)Nc1ccccc1C(=O)NCc1ccccc1CN1CCN(c2ccccc2)CC1. The Morgan fingerprint density at radius 1 is 0.824 bits per heavy atom. The fraction of sp³-hybridized carbons (Fsp3) is 0.269. The molecule has 3 aromatic rings. The van der Waals surface area contributed by atoms with Crippen LogP contribution < -0.4 is 14.9 Å². The second-order valence-corrected chi connectivity index (χ2v) is 10.2. The Labute approximate surface area is 201 Å². The molecule has 1 amide bonds. The van der Waals surface area contributed by atoms with E-state index in [0.717, 1.165) is 44.5 Å². The highest BCUT2D eigenvalue weighted by Crippen LogP contribution is 2.19. The minimum atomic E-state index is -3.48. The molecule has 0 unspecified atom stereocenters. The fourth-order valence-electron chi connectivity index (χ4n) is 4.17. The molecule has 1 aliphatic rings. The fourth-order valence-corrected chi connectivity index (χ4v) is 4.75. The van der Waals surface area contributed by atoms with Crippen molar-refractivity contribution >= 4 is 27.3 Å². The van der Waals surface area contributed by atoms with Gasteiger partial charge in [-0.2, -0.15) is 0 Å². The van der Waals surface area contributed by atoms with E-state index in [2.05, 4.69) is 50.2 Å². The van der Waals surface area contributed by atoms with Crippen LogP contribution in [0.25, 0.3) is 0 Å². The summed E-state index contributed by atoms with van der Waals surface area (Å²) < 4.78 is 25.7. The zero-order valence-electron chi connectivity index (χ0n) is 19.3. The number of amides is 1. The number of nitrogens with one attached hydrogen (secondary N) is 2. The highest BCUT2D eigenvalue weighted by Gasteiger charge is 2.19. The number of hydrogen-bond donors (Lipinski definition) is 2. The molecule has 3 aromatic carbocycles.